The van der Waals surface area contributed by atoms with Crippen LogP contribution in [0.3, 0.4) is 0 Å². The summed E-state index contributed by atoms with van der Waals surface area (Å²) < 4.78 is 62.0. The number of amides is 2. The Morgan fingerprint density at radius 3 is 2.06 bits per heavy atom. The first kappa shape index (κ1) is 44.8. The van der Waals surface area contributed by atoms with E-state index in [2.05, 4.69) is 25.9 Å². The van der Waals surface area contributed by atoms with E-state index in [4.69, 9.17) is 36.7 Å². The van der Waals surface area contributed by atoms with Crippen molar-refractivity contribution in [2.45, 2.75) is 45.8 Å². The summed E-state index contributed by atoms with van der Waals surface area (Å²) in [7, 11) is 1.31. The highest BCUT2D eigenvalue weighted by Crippen LogP contribution is 2.23. The molecule has 22 heteroatoms. The molecule has 0 unspecified atom stereocenters. The lowest BCUT2D eigenvalue weighted by atomic mass is 10.1. The van der Waals surface area contributed by atoms with Gasteiger partial charge in [0.25, 0.3) is 17.9 Å². The van der Waals surface area contributed by atoms with E-state index in [9.17, 15) is 40.7 Å². The molecular formula is C29H34F6N8O8. The largest absolute Gasteiger partial charge is 0.490 e. The molecule has 0 aliphatic carbocycles. The number of aliphatic carboxylic acids is 1. The number of hydroxylamine groups is 1. The Kier molecular flexibility index (Phi) is 19.1. The van der Waals surface area contributed by atoms with Gasteiger partial charge in [-0.2, -0.15) is 26.3 Å². The number of carboxylic acid groups (broad SMARTS) is 2. The number of alkyl halides is 6. The molecule has 0 saturated heterocycles. The summed E-state index contributed by atoms with van der Waals surface area (Å²) in [6, 6.07) is 11.4. The number of nitrogens with two attached hydrogens (primary N) is 2. The fourth-order valence-corrected chi connectivity index (χ4v) is 3.53. The molecule has 51 heavy (non-hydrogen) atoms. The molecule has 16 nitrogen and oxygen atoms in total. The van der Waals surface area contributed by atoms with Crippen LogP contribution in [-0.2, 0) is 32.3 Å². The summed E-state index contributed by atoms with van der Waals surface area (Å²) in [5, 5.41) is 27.3. The molecule has 0 aliphatic rings. The van der Waals surface area contributed by atoms with Crippen LogP contribution in [0, 0.1) is 5.41 Å². The second kappa shape index (κ2) is 21.7. The number of benzene rings is 2. The van der Waals surface area contributed by atoms with Crippen molar-refractivity contribution in [2.24, 2.45) is 5.73 Å². The monoisotopic (exact) mass is 736 g/mol. The number of hydrogen-bond donors (Lipinski definition) is 8. The first-order chi connectivity index (χ1) is 23.7. The van der Waals surface area contributed by atoms with Crippen molar-refractivity contribution in [3.8, 4) is 11.3 Å². The van der Waals surface area contributed by atoms with Gasteiger partial charge < -0.3 is 32.3 Å². The molecular weight excluding hydrogens is 702 g/mol. The van der Waals surface area contributed by atoms with Crippen LogP contribution in [0.1, 0.15) is 35.3 Å². The van der Waals surface area contributed by atoms with E-state index in [1.807, 2.05) is 13.8 Å². The van der Waals surface area contributed by atoms with Crippen LogP contribution in [0.15, 0.2) is 53.5 Å². The molecule has 280 valence electrons. The van der Waals surface area contributed by atoms with Crippen molar-refractivity contribution in [1.29, 1.82) is 5.41 Å². The van der Waals surface area contributed by atoms with Crippen LogP contribution in [0.25, 0.3) is 11.3 Å². The van der Waals surface area contributed by atoms with Crippen LogP contribution in [0.4, 0.5) is 37.8 Å². The number of rotatable bonds is 10. The molecule has 3 rings (SSSR count). The second-order valence-corrected chi connectivity index (χ2v) is 9.70. The molecule has 0 aliphatic heterocycles. The van der Waals surface area contributed by atoms with Gasteiger partial charge in [-0.25, -0.2) is 15.3 Å². The first-order valence-corrected chi connectivity index (χ1v) is 13.8. The standard InChI is InChI=1S/C25H30N8O4.C2HF3O2.CHF3.CH2O2/c1-14(2)31-23-25(36)33(13-21(34)29-11-15-4-6-16(7-5-15)22(27)28)20(12-30-23)17-8-18(10-19(26)9-17)24(35)32-37-3;3-2(4,5)1(6)7;2-1(3)4;2-1-3/h4-10,12,14H,11,13,26H2,1-3H3,(H3,27,28)(H,29,34)(H,30,31)(H,32,35);(H,6,7);1H;1H,(H,2,3). The van der Waals surface area contributed by atoms with Crippen molar-refractivity contribution < 1.29 is 60.6 Å². The minimum absolute atomic E-state index is 0.0459. The Morgan fingerprint density at radius 1 is 1.08 bits per heavy atom. The quantitative estimate of drug-likeness (QED) is 0.0373. The van der Waals surface area contributed by atoms with Gasteiger partial charge in [-0.05, 0) is 37.6 Å². The second-order valence-electron chi connectivity index (χ2n) is 9.70. The third kappa shape index (κ3) is 17.2. The lowest BCUT2D eigenvalue weighted by molar-refractivity contribution is -0.192. The molecule has 1 aromatic heterocycles. The van der Waals surface area contributed by atoms with Gasteiger partial charge in [-0.15, -0.1) is 0 Å². The molecule has 0 spiro atoms. The zero-order valence-electron chi connectivity index (χ0n) is 26.9. The summed E-state index contributed by atoms with van der Waals surface area (Å²) in [6.45, 7) is -0.281. The number of carbonyl (C=O) groups is 4. The van der Waals surface area contributed by atoms with E-state index in [0.717, 1.165) is 5.56 Å². The van der Waals surface area contributed by atoms with Gasteiger partial charge in [-0.1, -0.05) is 24.3 Å². The number of anilines is 2. The SMILES string of the molecule is CONC(=O)c1cc(N)cc(-c2cnc(NC(C)C)c(=O)n2CC(=O)NCc2ccc(C(=N)N)cc2)c1.FC(F)F.O=C(O)C(F)(F)F.O=CO. The molecule has 0 fully saturated rings. The molecule has 3 aromatic rings. The van der Waals surface area contributed by atoms with E-state index in [-0.39, 0.29) is 48.5 Å². The Labute approximate surface area is 284 Å². The van der Waals surface area contributed by atoms with Gasteiger partial charge in [0.05, 0.1) is 19.0 Å². The molecule has 0 bridgehead atoms. The fraction of sp³-hybridized carbons (Fsp3) is 0.276. The molecule has 10 N–H and O–H groups in total. The predicted molar refractivity (Wildman–Crippen MR) is 170 cm³/mol. The van der Waals surface area contributed by atoms with Gasteiger partial charge in [0.15, 0.2) is 5.82 Å². The summed E-state index contributed by atoms with van der Waals surface area (Å²) in [5.41, 5.74) is 15.8. The molecule has 1 heterocycles. The third-order valence-corrected chi connectivity index (χ3v) is 5.49. The Bertz CT molecular complexity index is 1680. The first-order valence-electron chi connectivity index (χ1n) is 13.8. The number of halogens is 6. The van der Waals surface area contributed by atoms with E-state index in [1.165, 1.54) is 30.0 Å². The van der Waals surface area contributed by atoms with Crippen LogP contribution in [0.5, 0.6) is 0 Å². The normalized spacial score (nSPS) is 10.3. The van der Waals surface area contributed by atoms with Gasteiger partial charge in [0, 0.05) is 35.0 Å². The molecule has 2 aromatic carbocycles. The maximum absolute atomic E-state index is 13.3. The Hall–Kier alpha value is -6.19. The average molecular weight is 737 g/mol. The van der Waals surface area contributed by atoms with Crippen LogP contribution in [-0.4, -0.2) is 75.9 Å². The number of nitrogens with one attached hydrogen (secondary N) is 4. The third-order valence-electron chi connectivity index (χ3n) is 5.49. The summed E-state index contributed by atoms with van der Waals surface area (Å²) in [6.07, 6.45) is -3.63. The summed E-state index contributed by atoms with van der Waals surface area (Å²) in [4.78, 5) is 64.7. The molecule has 0 radical (unpaired) electrons. The van der Waals surface area contributed by atoms with E-state index in [1.54, 1.807) is 30.3 Å². The lowest BCUT2D eigenvalue weighted by Crippen LogP contribution is -2.35. The summed E-state index contributed by atoms with van der Waals surface area (Å²) in [5.74, 6) is -3.65. The maximum Gasteiger partial charge on any atom is 0.490 e. The highest BCUT2D eigenvalue weighted by Gasteiger charge is 2.38. The predicted octanol–water partition coefficient (Wildman–Crippen LogP) is 2.72. The number of aromatic nitrogens is 2. The van der Waals surface area contributed by atoms with E-state index >= 15 is 0 Å². The minimum atomic E-state index is -5.08. The van der Waals surface area contributed by atoms with Gasteiger partial charge in [0.1, 0.15) is 12.4 Å². The molecule has 2 amide bonds. The van der Waals surface area contributed by atoms with Gasteiger partial charge in [-0.3, -0.25) is 34.0 Å². The van der Waals surface area contributed by atoms with Crippen molar-refractivity contribution in [3.63, 3.8) is 0 Å². The summed E-state index contributed by atoms with van der Waals surface area (Å²) >= 11 is 0. The Morgan fingerprint density at radius 2 is 1.61 bits per heavy atom. The number of nitrogen functional groups attached to an aromatic ring is 2. The maximum atomic E-state index is 13.3. The highest BCUT2D eigenvalue weighted by molar-refractivity contribution is 5.96. The van der Waals surface area contributed by atoms with E-state index < -0.39 is 36.2 Å². The van der Waals surface area contributed by atoms with Crippen LogP contribution >= 0.6 is 0 Å². The smallest absolute Gasteiger partial charge is 0.483 e. The minimum Gasteiger partial charge on any atom is -0.483 e. The lowest BCUT2D eigenvalue weighted by Gasteiger charge is -2.17. The van der Waals surface area contributed by atoms with Gasteiger partial charge >= 0.3 is 18.8 Å². The zero-order valence-corrected chi connectivity index (χ0v) is 26.9. The average Bonchev–Trinajstić information content (AvgIpc) is 3.02. The zero-order chi connectivity index (χ0) is 39.5. The van der Waals surface area contributed by atoms with Crippen molar-refractivity contribution in [3.05, 3.63) is 75.7 Å². The molecule has 0 saturated carbocycles. The molecule has 0 atom stereocenters. The van der Waals surface area contributed by atoms with E-state index in [0.29, 0.717) is 16.8 Å². The van der Waals surface area contributed by atoms with Crippen molar-refractivity contribution >= 4 is 41.6 Å². The Balaban J connectivity index is 0.00000151. The van der Waals surface area contributed by atoms with Gasteiger partial charge in [0.2, 0.25) is 5.91 Å². The highest BCUT2D eigenvalue weighted by atomic mass is 19.4. The number of nitrogens with zero attached hydrogens (tertiary/aromatic N) is 2. The number of carbonyl (C=O) groups excluding carboxylic acids is 2. The topological polar surface area (TPSA) is 265 Å². The van der Waals surface area contributed by atoms with Crippen LogP contribution in [0.2, 0.25) is 0 Å². The van der Waals surface area contributed by atoms with Crippen LogP contribution < -0.4 is 33.1 Å². The fourth-order valence-electron chi connectivity index (χ4n) is 3.53. The number of amidine groups is 1. The van der Waals surface area contributed by atoms with Crippen molar-refractivity contribution in [1.82, 2.24) is 20.3 Å². The number of hydrogen-bond acceptors (Lipinski definition) is 10. The number of carboxylic acids is 1. The van der Waals surface area contributed by atoms with Crippen molar-refractivity contribution in [2.75, 3.05) is 18.2 Å².